The minimum Gasteiger partial charge on any atom is -0.280 e. The van der Waals surface area contributed by atoms with Crippen LogP contribution in [0, 0.1) is 0 Å². The van der Waals surface area contributed by atoms with E-state index in [4.69, 9.17) is 11.6 Å². The average molecular weight is 399 g/mol. The van der Waals surface area contributed by atoms with Crippen molar-refractivity contribution in [2.75, 3.05) is 4.72 Å². The van der Waals surface area contributed by atoms with Gasteiger partial charge in [0.2, 0.25) is 0 Å². The molecular weight excluding hydrogens is 390 g/mol. The molecule has 0 radical (unpaired) electrons. The van der Waals surface area contributed by atoms with Gasteiger partial charge in [-0.1, -0.05) is 17.7 Å². The number of nitrogens with one attached hydrogen (secondary N) is 1. The van der Waals surface area contributed by atoms with Crippen LogP contribution in [0.15, 0.2) is 58.3 Å². The maximum Gasteiger partial charge on any atom is 0.263 e. The van der Waals surface area contributed by atoms with E-state index in [1.54, 1.807) is 24.5 Å². The molecule has 0 aliphatic rings. The summed E-state index contributed by atoms with van der Waals surface area (Å²) in [6.45, 7) is 0. The summed E-state index contributed by atoms with van der Waals surface area (Å²) in [7, 11) is -3.71. The Morgan fingerprint density at radius 1 is 1.09 bits per heavy atom. The van der Waals surface area contributed by atoms with Gasteiger partial charge in [-0.2, -0.15) is 0 Å². The lowest BCUT2D eigenvalue weighted by Crippen LogP contribution is -2.13. The first-order valence-corrected chi connectivity index (χ1v) is 8.79. The van der Waals surface area contributed by atoms with Crippen molar-refractivity contribution in [1.29, 1.82) is 0 Å². The van der Waals surface area contributed by atoms with E-state index in [0.29, 0.717) is 5.69 Å². The molecule has 0 aliphatic heterocycles. The molecule has 0 fully saturated rings. The zero-order valence-corrected chi connectivity index (χ0v) is 14.2. The Morgan fingerprint density at radius 3 is 2.64 bits per heavy atom. The fourth-order valence-corrected chi connectivity index (χ4v) is 3.52. The number of halogens is 2. The molecule has 0 saturated carbocycles. The van der Waals surface area contributed by atoms with Gasteiger partial charge in [0.1, 0.15) is 10.0 Å². The first kappa shape index (κ1) is 15.2. The third-order valence-corrected chi connectivity index (χ3v) is 5.20. The number of sulfonamides is 1. The molecular formula is C14H9BrClN3O2S. The van der Waals surface area contributed by atoms with E-state index in [1.807, 2.05) is 6.07 Å². The molecule has 0 amide bonds. The van der Waals surface area contributed by atoms with Crippen molar-refractivity contribution < 1.29 is 8.42 Å². The van der Waals surface area contributed by atoms with E-state index in [2.05, 4.69) is 30.6 Å². The smallest absolute Gasteiger partial charge is 0.263 e. The Labute approximate surface area is 140 Å². The van der Waals surface area contributed by atoms with Crippen LogP contribution in [0.4, 0.5) is 5.69 Å². The van der Waals surface area contributed by atoms with Gasteiger partial charge in [0.05, 0.1) is 0 Å². The van der Waals surface area contributed by atoms with Crippen LogP contribution in [0.2, 0.25) is 5.15 Å². The van der Waals surface area contributed by atoms with Gasteiger partial charge in [0.25, 0.3) is 10.0 Å². The zero-order chi connectivity index (χ0) is 15.7. The predicted octanol–water partition coefficient (Wildman–Crippen LogP) is 3.85. The van der Waals surface area contributed by atoms with Crippen LogP contribution in [-0.2, 0) is 10.0 Å². The van der Waals surface area contributed by atoms with Crippen LogP contribution < -0.4 is 4.72 Å². The van der Waals surface area contributed by atoms with Gasteiger partial charge in [-0.05, 0) is 45.6 Å². The Balaban J connectivity index is 1.97. The van der Waals surface area contributed by atoms with E-state index in [-0.39, 0.29) is 10.0 Å². The van der Waals surface area contributed by atoms with Gasteiger partial charge in [-0.25, -0.2) is 13.4 Å². The lowest BCUT2D eigenvalue weighted by molar-refractivity contribution is 0.601. The number of pyridine rings is 2. The molecule has 5 nitrogen and oxygen atoms in total. The first-order chi connectivity index (χ1) is 10.5. The number of rotatable bonds is 3. The summed E-state index contributed by atoms with van der Waals surface area (Å²) < 4.78 is 28.0. The monoisotopic (exact) mass is 397 g/mol. The summed E-state index contributed by atoms with van der Waals surface area (Å²) in [5, 5.41) is 2.01. The highest BCUT2D eigenvalue weighted by atomic mass is 79.9. The Morgan fingerprint density at radius 2 is 1.91 bits per heavy atom. The highest BCUT2D eigenvalue weighted by molar-refractivity contribution is 9.10. The second-order valence-corrected chi connectivity index (χ2v) is 7.40. The van der Waals surface area contributed by atoms with Crippen molar-refractivity contribution in [2.45, 2.75) is 4.90 Å². The molecule has 0 spiro atoms. The fraction of sp³-hybridized carbons (Fsp3) is 0. The van der Waals surface area contributed by atoms with Crippen molar-refractivity contribution in [3.05, 3.63) is 58.5 Å². The van der Waals surface area contributed by atoms with Crippen LogP contribution in [0.1, 0.15) is 0 Å². The summed E-state index contributed by atoms with van der Waals surface area (Å²) in [5.74, 6) is 0. The van der Waals surface area contributed by atoms with Gasteiger partial charge in [-0.3, -0.25) is 9.71 Å². The molecule has 2 heterocycles. The molecule has 8 heteroatoms. The third-order valence-electron chi connectivity index (χ3n) is 2.97. The summed E-state index contributed by atoms with van der Waals surface area (Å²) in [4.78, 5) is 7.89. The number of hydrogen-bond donors (Lipinski definition) is 1. The molecule has 22 heavy (non-hydrogen) atoms. The van der Waals surface area contributed by atoms with Crippen molar-refractivity contribution in [3.8, 4) is 0 Å². The molecule has 0 atom stereocenters. The summed E-state index contributed by atoms with van der Waals surface area (Å²) in [6, 6.07) is 8.05. The lowest BCUT2D eigenvalue weighted by atomic mass is 10.2. The topological polar surface area (TPSA) is 72.0 Å². The van der Waals surface area contributed by atoms with Gasteiger partial charge < -0.3 is 0 Å². The normalized spacial score (nSPS) is 11.5. The van der Waals surface area contributed by atoms with Crippen LogP contribution in [0.5, 0.6) is 0 Å². The second-order valence-electron chi connectivity index (χ2n) is 4.48. The van der Waals surface area contributed by atoms with Crippen LogP contribution in [0.25, 0.3) is 10.8 Å². The Bertz CT molecular complexity index is 946. The van der Waals surface area contributed by atoms with Crippen LogP contribution >= 0.6 is 27.5 Å². The van der Waals surface area contributed by atoms with Gasteiger partial charge in [0, 0.05) is 34.1 Å². The number of fused-ring (bicyclic) bond motifs is 1. The minimum absolute atomic E-state index is 0.0457. The number of hydrogen-bond acceptors (Lipinski definition) is 4. The molecule has 1 aromatic carbocycles. The maximum atomic E-state index is 12.3. The van der Waals surface area contributed by atoms with Crippen molar-refractivity contribution in [1.82, 2.24) is 9.97 Å². The van der Waals surface area contributed by atoms with Gasteiger partial charge in [-0.15, -0.1) is 0 Å². The Kier molecular flexibility index (Phi) is 4.03. The van der Waals surface area contributed by atoms with Gasteiger partial charge >= 0.3 is 0 Å². The number of benzene rings is 1. The standard InChI is InChI=1S/C14H9BrClN3O2S/c15-13-8-17-6-9-5-10(1-3-12(9)13)19-22(20,21)11-2-4-14(16)18-7-11/h1-8,19H. The largest absolute Gasteiger partial charge is 0.280 e. The second kappa shape index (κ2) is 5.83. The van der Waals surface area contributed by atoms with Crippen LogP contribution in [-0.4, -0.2) is 18.4 Å². The molecule has 2 aromatic heterocycles. The summed E-state index contributed by atoms with van der Waals surface area (Å²) >= 11 is 9.07. The van der Waals surface area contributed by atoms with Crippen molar-refractivity contribution >= 4 is 54.0 Å². The molecule has 0 bridgehead atoms. The van der Waals surface area contributed by atoms with E-state index in [0.717, 1.165) is 15.2 Å². The third kappa shape index (κ3) is 3.06. The van der Waals surface area contributed by atoms with E-state index >= 15 is 0 Å². The van der Waals surface area contributed by atoms with E-state index in [9.17, 15) is 8.42 Å². The molecule has 0 aliphatic carbocycles. The average Bonchev–Trinajstić information content (AvgIpc) is 2.47. The SMILES string of the molecule is O=S(=O)(Nc1ccc2c(Br)cncc2c1)c1ccc(Cl)nc1. The molecule has 0 unspecified atom stereocenters. The quantitative estimate of drug-likeness (QED) is 0.680. The fourth-order valence-electron chi connectivity index (χ4n) is 1.94. The highest BCUT2D eigenvalue weighted by Gasteiger charge is 2.15. The molecule has 0 saturated heterocycles. The van der Waals surface area contributed by atoms with E-state index in [1.165, 1.54) is 18.3 Å². The number of nitrogens with zero attached hydrogens (tertiary/aromatic N) is 2. The molecule has 3 aromatic rings. The highest BCUT2D eigenvalue weighted by Crippen LogP contribution is 2.26. The number of anilines is 1. The summed E-state index contributed by atoms with van der Waals surface area (Å²) in [5.41, 5.74) is 0.447. The zero-order valence-electron chi connectivity index (χ0n) is 11.0. The van der Waals surface area contributed by atoms with E-state index < -0.39 is 10.0 Å². The maximum absolute atomic E-state index is 12.3. The lowest BCUT2D eigenvalue weighted by Gasteiger charge is -2.09. The summed E-state index contributed by atoms with van der Waals surface area (Å²) in [6.07, 6.45) is 4.57. The van der Waals surface area contributed by atoms with Crippen LogP contribution in [0.3, 0.4) is 0 Å². The Hall–Kier alpha value is -1.70. The molecule has 112 valence electrons. The number of aromatic nitrogens is 2. The molecule has 3 rings (SSSR count). The van der Waals surface area contributed by atoms with Crippen molar-refractivity contribution in [3.63, 3.8) is 0 Å². The van der Waals surface area contributed by atoms with Gasteiger partial charge in [0.15, 0.2) is 0 Å². The van der Waals surface area contributed by atoms with Crippen molar-refractivity contribution in [2.24, 2.45) is 0 Å². The molecule has 1 N–H and O–H groups in total. The minimum atomic E-state index is -3.71. The predicted molar refractivity (Wildman–Crippen MR) is 89.5 cm³/mol. The first-order valence-electron chi connectivity index (χ1n) is 6.13.